The molecule has 2 saturated heterocycles. The Balaban J connectivity index is 1.79. The molecule has 4 heterocycles. The van der Waals surface area contributed by atoms with Gasteiger partial charge in [0.15, 0.2) is 5.65 Å². The average molecular weight is 286 g/mol. The van der Waals surface area contributed by atoms with Crippen molar-refractivity contribution in [1.82, 2.24) is 19.9 Å². The maximum atomic E-state index is 5.70. The van der Waals surface area contributed by atoms with Crippen molar-refractivity contribution in [1.29, 1.82) is 0 Å². The van der Waals surface area contributed by atoms with Gasteiger partial charge in [0.25, 0.3) is 0 Å². The largest absolute Gasteiger partial charge is 0.379 e. The Labute approximate surface area is 124 Å². The summed E-state index contributed by atoms with van der Waals surface area (Å²) in [5.41, 5.74) is 2.01. The van der Waals surface area contributed by atoms with Crippen LogP contribution in [0.1, 0.15) is 50.0 Å². The molecule has 5 nitrogen and oxygen atoms in total. The van der Waals surface area contributed by atoms with Crippen LogP contribution in [0.15, 0.2) is 18.3 Å². The minimum absolute atomic E-state index is 0.356. The maximum absolute atomic E-state index is 5.70. The predicted molar refractivity (Wildman–Crippen MR) is 81.2 cm³/mol. The Bertz CT molecular complexity index is 612. The van der Waals surface area contributed by atoms with E-state index in [4.69, 9.17) is 9.72 Å². The number of nitrogens with zero attached hydrogens (tertiary/aromatic N) is 3. The summed E-state index contributed by atoms with van der Waals surface area (Å²) < 4.78 is 8.05. The van der Waals surface area contributed by atoms with Crippen molar-refractivity contribution in [2.45, 2.75) is 44.2 Å². The molecule has 21 heavy (non-hydrogen) atoms. The van der Waals surface area contributed by atoms with Crippen LogP contribution in [0.5, 0.6) is 0 Å². The molecule has 2 aliphatic rings. The predicted octanol–water partition coefficient (Wildman–Crippen LogP) is 2.60. The first kappa shape index (κ1) is 13.2. The molecular formula is C16H22N4O. The molecular weight excluding hydrogens is 264 g/mol. The van der Waals surface area contributed by atoms with Gasteiger partial charge in [-0.05, 0) is 44.4 Å². The van der Waals surface area contributed by atoms with Crippen molar-refractivity contribution in [3.05, 3.63) is 24.2 Å². The number of hydrogen-bond acceptors (Lipinski definition) is 4. The van der Waals surface area contributed by atoms with E-state index in [2.05, 4.69) is 20.9 Å². The molecule has 112 valence electrons. The van der Waals surface area contributed by atoms with Gasteiger partial charge in [0.05, 0.1) is 18.7 Å². The van der Waals surface area contributed by atoms with Crippen LogP contribution in [0.25, 0.3) is 11.2 Å². The zero-order chi connectivity index (χ0) is 14.1. The summed E-state index contributed by atoms with van der Waals surface area (Å²) >= 11 is 0. The summed E-state index contributed by atoms with van der Waals surface area (Å²) in [6, 6.07) is 4.76. The standard InChI is InChI=1S/C16H22N4O/c1-2-8-17-13(6-1)16-19-14-7-3-9-18-15(14)20(16)12-5-4-10-21-11-12/h3,7,9,12-13,17H,1-2,4-6,8,10-11H2. The summed E-state index contributed by atoms with van der Waals surface area (Å²) in [5.74, 6) is 1.15. The van der Waals surface area contributed by atoms with E-state index in [-0.39, 0.29) is 0 Å². The van der Waals surface area contributed by atoms with Crippen molar-refractivity contribution in [3.63, 3.8) is 0 Å². The van der Waals surface area contributed by atoms with Crippen LogP contribution in [-0.2, 0) is 4.74 Å². The van der Waals surface area contributed by atoms with Crippen LogP contribution in [0.2, 0.25) is 0 Å². The molecule has 0 spiro atoms. The van der Waals surface area contributed by atoms with Gasteiger partial charge < -0.3 is 14.6 Å². The van der Waals surface area contributed by atoms with E-state index in [0.29, 0.717) is 12.1 Å². The summed E-state index contributed by atoms with van der Waals surface area (Å²) in [5, 5.41) is 3.62. The number of piperidine rings is 1. The number of nitrogens with one attached hydrogen (secondary N) is 1. The van der Waals surface area contributed by atoms with Crippen LogP contribution in [0.4, 0.5) is 0 Å². The average Bonchev–Trinajstić information content (AvgIpc) is 2.96. The number of imidazole rings is 1. The zero-order valence-electron chi connectivity index (χ0n) is 12.3. The third-order valence-electron chi connectivity index (χ3n) is 4.60. The Kier molecular flexibility index (Phi) is 3.61. The van der Waals surface area contributed by atoms with E-state index in [1.54, 1.807) is 0 Å². The van der Waals surface area contributed by atoms with E-state index in [1.807, 2.05) is 12.3 Å². The molecule has 2 atom stereocenters. The van der Waals surface area contributed by atoms with Gasteiger partial charge in [-0.15, -0.1) is 0 Å². The first-order valence-electron chi connectivity index (χ1n) is 8.07. The lowest BCUT2D eigenvalue weighted by molar-refractivity contribution is 0.0586. The van der Waals surface area contributed by atoms with E-state index < -0.39 is 0 Å². The fourth-order valence-electron chi connectivity index (χ4n) is 3.55. The second-order valence-electron chi connectivity index (χ2n) is 6.06. The molecule has 2 fully saturated rings. The highest BCUT2D eigenvalue weighted by Gasteiger charge is 2.27. The molecule has 0 radical (unpaired) electrons. The summed E-state index contributed by atoms with van der Waals surface area (Å²) in [6.07, 6.45) is 7.84. The summed E-state index contributed by atoms with van der Waals surface area (Å²) in [6.45, 7) is 2.75. The molecule has 4 rings (SSSR count). The quantitative estimate of drug-likeness (QED) is 0.922. The number of rotatable bonds is 2. The maximum Gasteiger partial charge on any atom is 0.160 e. The molecule has 2 unspecified atom stereocenters. The van der Waals surface area contributed by atoms with Gasteiger partial charge >= 0.3 is 0 Å². The number of ether oxygens (including phenoxy) is 1. The fraction of sp³-hybridized carbons (Fsp3) is 0.625. The van der Waals surface area contributed by atoms with Crippen LogP contribution in [0.3, 0.4) is 0 Å². The van der Waals surface area contributed by atoms with Gasteiger partial charge in [0.2, 0.25) is 0 Å². The molecule has 0 bridgehead atoms. The highest BCUT2D eigenvalue weighted by atomic mass is 16.5. The van der Waals surface area contributed by atoms with Crippen LogP contribution in [-0.4, -0.2) is 34.3 Å². The highest BCUT2D eigenvalue weighted by Crippen LogP contribution is 2.31. The van der Waals surface area contributed by atoms with Gasteiger partial charge in [-0.3, -0.25) is 0 Å². The Hall–Kier alpha value is -1.46. The second kappa shape index (κ2) is 5.73. The second-order valence-corrected chi connectivity index (χ2v) is 6.06. The molecule has 0 aliphatic carbocycles. The Morgan fingerprint density at radius 2 is 2.24 bits per heavy atom. The van der Waals surface area contributed by atoms with Gasteiger partial charge in [-0.25, -0.2) is 9.97 Å². The first-order chi connectivity index (χ1) is 10.4. The van der Waals surface area contributed by atoms with Gasteiger partial charge in [0, 0.05) is 12.8 Å². The smallest absolute Gasteiger partial charge is 0.160 e. The van der Waals surface area contributed by atoms with E-state index >= 15 is 0 Å². The lowest BCUT2D eigenvalue weighted by atomic mass is 10.0. The van der Waals surface area contributed by atoms with Crippen LogP contribution < -0.4 is 5.32 Å². The molecule has 0 aromatic carbocycles. The first-order valence-corrected chi connectivity index (χ1v) is 8.07. The number of pyridine rings is 1. The summed E-state index contributed by atoms with van der Waals surface area (Å²) in [4.78, 5) is 9.48. The SMILES string of the molecule is c1cnc2c(c1)nc(C1CCCCN1)n2C1CCCOC1. The molecule has 2 aromatic heterocycles. The number of hydrogen-bond donors (Lipinski definition) is 1. The van der Waals surface area contributed by atoms with Crippen molar-refractivity contribution in [3.8, 4) is 0 Å². The van der Waals surface area contributed by atoms with E-state index in [1.165, 1.54) is 12.8 Å². The van der Waals surface area contributed by atoms with Crippen molar-refractivity contribution >= 4 is 11.2 Å². The van der Waals surface area contributed by atoms with Crippen molar-refractivity contribution < 1.29 is 4.74 Å². The molecule has 2 aromatic rings. The fourth-order valence-corrected chi connectivity index (χ4v) is 3.55. The monoisotopic (exact) mass is 286 g/mol. The zero-order valence-corrected chi connectivity index (χ0v) is 12.3. The number of fused-ring (bicyclic) bond motifs is 1. The lowest BCUT2D eigenvalue weighted by Gasteiger charge is -2.29. The minimum Gasteiger partial charge on any atom is -0.379 e. The molecule has 1 N–H and O–H groups in total. The topological polar surface area (TPSA) is 52.0 Å². The van der Waals surface area contributed by atoms with E-state index in [0.717, 1.165) is 56.0 Å². The third-order valence-corrected chi connectivity index (χ3v) is 4.60. The van der Waals surface area contributed by atoms with Gasteiger partial charge in [-0.1, -0.05) is 6.42 Å². The summed E-state index contributed by atoms with van der Waals surface area (Å²) in [7, 11) is 0. The Morgan fingerprint density at radius 1 is 1.24 bits per heavy atom. The minimum atomic E-state index is 0.356. The molecule has 5 heteroatoms. The normalized spacial score (nSPS) is 27.0. The van der Waals surface area contributed by atoms with Gasteiger partial charge in [-0.2, -0.15) is 0 Å². The van der Waals surface area contributed by atoms with Gasteiger partial charge in [0.1, 0.15) is 11.3 Å². The third kappa shape index (κ3) is 2.45. The molecule has 0 amide bonds. The van der Waals surface area contributed by atoms with Crippen molar-refractivity contribution in [2.24, 2.45) is 0 Å². The molecule has 0 saturated carbocycles. The molecule has 2 aliphatic heterocycles. The van der Waals surface area contributed by atoms with Crippen LogP contribution >= 0.6 is 0 Å². The lowest BCUT2D eigenvalue weighted by Crippen LogP contribution is -2.31. The highest BCUT2D eigenvalue weighted by molar-refractivity contribution is 5.71. The van der Waals surface area contributed by atoms with Crippen molar-refractivity contribution in [2.75, 3.05) is 19.8 Å². The number of aromatic nitrogens is 3. The van der Waals surface area contributed by atoms with E-state index in [9.17, 15) is 0 Å². The Morgan fingerprint density at radius 3 is 3.05 bits per heavy atom. The van der Waals surface area contributed by atoms with Crippen LogP contribution in [0, 0.1) is 0 Å².